The number of nitrogens with one attached hydrogen (secondary N) is 2. The Morgan fingerprint density at radius 1 is 1.03 bits per heavy atom. The topological polar surface area (TPSA) is 63.7 Å². The molecule has 0 spiro atoms. The molecule has 1 fully saturated rings. The number of benzene rings is 2. The zero-order valence-electron chi connectivity index (χ0n) is 18.0. The van der Waals surface area contributed by atoms with Gasteiger partial charge in [0.15, 0.2) is 0 Å². The van der Waals surface area contributed by atoms with Crippen LogP contribution in [0.4, 0.5) is 15.8 Å². The molecule has 3 N–H and O–H groups in total. The molecule has 32 heavy (non-hydrogen) atoms. The molecule has 0 bridgehead atoms. The molecule has 8 heteroatoms. The first-order chi connectivity index (χ1) is 15.6. The maximum Gasteiger partial charge on any atom is 0.123 e. The molecule has 6 nitrogen and oxygen atoms in total. The van der Waals surface area contributed by atoms with E-state index in [1.54, 1.807) is 6.20 Å². The summed E-state index contributed by atoms with van der Waals surface area (Å²) < 4.78 is 13.1. The van der Waals surface area contributed by atoms with Crippen molar-refractivity contribution in [3.8, 4) is 0 Å². The maximum absolute atomic E-state index is 13.1. The fourth-order valence-electron chi connectivity index (χ4n) is 4.03. The minimum absolute atomic E-state index is 0.211. The number of aromatic nitrogens is 1. The van der Waals surface area contributed by atoms with Crippen LogP contribution >= 0.6 is 11.6 Å². The Morgan fingerprint density at radius 2 is 1.81 bits per heavy atom. The SMILES string of the molecule is O[C@@H](CNCCNc1ccnc2cc(Cl)ccc12)CN1CCN(c2ccc(F)cc2)CC1. The predicted molar refractivity (Wildman–Crippen MR) is 129 cm³/mol. The van der Waals surface area contributed by atoms with Gasteiger partial charge in [0.05, 0.1) is 11.6 Å². The summed E-state index contributed by atoms with van der Waals surface area (Å²) in [5.41, 5.74) is 2.93. The van der Waals surface area contributed by atoms with E-state index in [2.05, 4.69) is 25.4 Å². The number of aliphatic hydroxyl groups excluding tert-OH is 1. The van der Waals surface area contributed by atoms with Crippen LogP contribution in [0.3, 0.4) is 0 Å². The molecule has 1 aliphatic heterocycles. The van der Waals surface area contributed by atoms with Gasteiger partial charge in [0.25, 0.3) is 0 Å². The quantitative estimate of drug-likeness (QED) is 0.429. The van der Waals surface area contributed by atoms with Gasteiger partial charge in [-0.25, -0.2) is 4.39 Å². The molecule has 1 saturated heterocycles. The van der Waals surface area contributed by atoms with E-state index in [0.717, 1.165) is 61.5 Å². The summed E-state index contributed by atoms with van der Waals surface area (Å²) in [7, 11) is 0. The first-order valence-electron chi connectivity index (χ1n) is 11.0. The van der Waals surface area contributed by atoms with Crippen LogP contribution in [0.2, 0.25) is 5.02 Å². The van der Waals surface area contributed by atoms with Crippen molar-refractivity contribution in [2.45, 2.75) is 6.10 Å². The minimum atomic E-state index is -0.420. The van der Waals surface area contributed by atoms with E-state index in [1.807, 2.05) is 36.4 Å². The lowest BCUT2D eigenvalue weighted by Gasteiger charge is -2.37. The molecule has 0 radical (unpaired) electrons. The van der Waals surface area contributed by atoms with E-state index in [4.69, 9.17) is 11.6 Å². The average Bonchev–Trinajstić information content (AvgIpc) is 2.80. The molecule has 0 amide bonds. The molecule has 0 aliphatic carbocycles. The number of hydrogen-bond acceptors (Lipinski definition) is 6. The Hall–Kier alpha value is -2.45. The summed E-state index contributed by atoms with van der Waals surface area (Å²) in [5, 5.41) is 18.9. The van der Waals surface area contributed by atoms with Crippen molar-refractivity contribution in [3.05, 3.63) is 65.6 Å². The number of rotatable bonds is 9. The lowest BCUT2D eigenvalue weighted by molar-refractivity contribution is 0.108. The second kappa shape index (κ2) is 10.9. The van der Waals surface area contributed by atoms with Crippen molar-refractivity contribution in [3.63, 3.8) is 0 Å². The standard InChI is InChI=1S/C24H29ClFN5O/c25-18-1-6-22-23(7-8-28-24(22)15-18)29-10-9-27-16-21(32)17-30-11-13-31(14-12-30)20-4-2-19(26)3-5-20/h1-8,15,21,27,32H,9-14,16-17H2,(H,28,29)/t21-/m0/s1. The van der Waals surface area contributed by atoms with Crippen LogP contribution < -0.4 is 15.5 Å². The minimum Gasteiger partial charge on any atom is -0.390 e. The van der Waals surface area contributed by atoms with Crippen LogP contribution in [0.5, 0.6) is 0 Å². The lowest BCUT2D eigenvalue weighted by atomic mass is 10.2. The van der Waals surface area contributed by atoms with Gasteiger partial charge in [-0.15, -0.1) is 0 Å². The fourth-order valence-corrected chi connectivity index (χ4v) is 4.20. The highest BCUT2D eigenvalue weighted by atomic mass is 35.5. The summed E-state index contributed by atoms with van der Waals surface area (Å²) >= 11 is 6.04. The monoisotopic (exact) mass is 457 g/mol. The van der Waals surface area contributed by atoms with E-state index in [-0.39, 0.29) is 5.82 Å². The number of aliphatic hydroxyl groups is 1. The summed E-state index contributed by atoms with van der Waals surface area (Å²) in [5.74, 6) is -0.211. The van der Waals surface area contributed by atoms with Gasteiger partial charge in [0.2, 0.25) is 0 Å². The molecule has 2 aromatic carbocycles. The van der Waals surface area contributed by atoms with Crippen LogP contribution in [-0.4, -0.2) is 73.5 Å². The highest BCUT2D eigenvalue weighted by Gasteiger charge is 2.19. The molecule has 170 valence electrons. The number of pyridine rings is 1. The second-order valence-corrected chi connectivity index (χ2v) is 8.51. The zero-order chi connectivity index (χ0) is 22.3. The third kappa shape index (κ3) is 6.07. The van der Waals surface area contributed by atoms with Crippen molar-refractivity contribution in [2.24, 2.45) is 0 Å². The van der Waals surface area contributed by atoms with E-state index in [9.17, 15) is 9.50 Å². The van der Waals surface area contributed by atoms with Gasteiger partial charge in [-0.3, -0.25) is 9.88 Å². The average molecular weight is 458 g/mol. The molecule has 2 heterocycles. The Bertz CT molecular complexity index is 1010. The Balaban J connectivity index is 1.13. The molecule has 4 rings (SSSR count). The number of hydrogen-bond donors (Lipinski definition) is 3. The number of fused-ring (bicyclic) bond motifs is 1. The van der Waals surface area contributed by atoms with Gasteiger partial charge in [0, 0.05) is 80.3 Å². The molecule has 1 aromatic heterocycles. The van der Waals surface area contributed by atoms with Gasteiger partial charge in [-0.1, -0.05) is 11.6 Å². The van der Waals surface area contributed by atoms with Gasteiger partial charge >= 0.3 is 0 Å². The van der Waals surface area contributed by atoms with Crippen molar-refractivity contribution in [2.75, 3.05) is 62.6 Å². The molecular formula is C24H29ClFN5O. The van der Waals surface area contributed by atoms with Crippen LogP contribution in [0.15, 0.2) is 54.7 Å². The Morgan fingerprint density at radius 3 is 2.59 bits per heavy atom. The second-order valence-electron chi connectivity index (χ2n) is 8.07. The number of piperazine rings is 1. The van der Waals surface area contributed by atoms with E-state index in [1.165, 1.54) is 12.1 Å². The van der Waals surface area contributed by atoms with Crippen molar-refractivity contribution < 1.29 is 9.50 Å². The summed E-state index contributed by atoms with van der Waals surface area (Å²) in [6, 6.07) is 14.3. The highest BCUT2D eigenvalue weighted by molar-refractivity contribution is 6.31. The Kier molecular flexibility index (Phi) is 7.76. The number of β-amino-alcohol motifs (C(OH)–C–C–N with tert-alkyl or cyclic N) is 1. The number of halogens is 2. The highest BCUT2D eigenvalue weighted by Crippen LogP contribution is 2.24. The molecule has 3 aromatic rings. The number of nitrogens with zero attached hydrogens (tertiary/aromatic N) is 3. The fraction of sp³-hybridized carbons (Fsp3) is 0.375. The maximum atomic E-state index is 13.1. The normalized spacial score (nSPS) is 15.8. The zero-order valence-corrected chi connectivity index (χ0v) is 18.7. The summed E-state index contributed by atoms with van der Waals surface area (Å²) in [4.78, 5) is 8.88. The summed E-state index contributed by atoms with van der Waals surface area (Å²) in [6.07, 6.45) is 1.35. The third-order valence-electron chi connectivity index (χ3n) is 5.73. The lowest BCUT2D eigenvalue weighted by Crippen LogP contribution is -2.50. The first-order valence-corrected chi connectivity index (χ1v) is 11.4. The molecular weight excluding hydrogens is 429 g/mol. The molecule has 0 unspecified atom stereocenters. The smallest absolute Gasteiger partial charge is 0.123 e. The Labute approximate surface area is 193 Å². The number of anilines is 2. The molecule has 1 aliphatic rings. The van der Waals surface area contributed by atoms with Gasteiger partial charge < -0.3 is 20.6 Å². The van der Waals surface area contributed by atoms with Crippen molar-refractivity contribution in [1.29, 1.82) is 0 Å². The largest absolute Gasteiger partial charge is 0.390 e. The van der Waals surface area contributed by atoms with Crippen molar-refractivity contribution in [1.82, 2.24) is 15.2 Å². The van der Waals surface area contributed by atoms with Gasteiger partial charge in [0.1, 0.15) is 5.82 Å². The van der Waals surface area contributed by atoms with Crippen molar-refractivity contribution >= 4 is 33.9 Å². The third-order valence-corrected chi connectivity index (χ3v) is 5.97. The van der Waals surface area contributed by atoms with Crippen LogP contribution in [0.1, 0.15) is 0 Å². The van der Waals surface area contributed by atoms with Gasteiger partial charge in [-0.2, -0.15) is 0 Å². The van der Waals surface area contributed by atoms with Crippen LogP contribution in [0.25, 0.3) is 10.9 Å². The first kappa shape index (κ1) is 22.7. The predicted octanol–water partition coefficient (Wildman–Crippen LogP) is 3.21. The van der Waals surface area contributed by atoms with E-state index < -0.39 is 6.10 Å². The van der Waals surface area contributed by atoms with E-state index >= 15 is 0 Å². The van der Waals surface area contributed by atoms with Gasteiger partial charge in [-0.05, 0) is 48.5 Å². The van der Waals surface area contributed by atoms with E-state index in [0.29, 0.717) is 18.1 Å². The van der Waals surface area contributed by atoms with Crippen LogP contribution in [0, 0.1) is 5.82 Å². The van der Waals surface area contributed by atoms with Crippen LogP contribution in [-0.2, 0) is 0 Å². The molecule has 1 atom stereocenters. The molecule has 0 saturated carbocycles. The summed E-state index contributed by atoms with van der Waals surface area (Å²) in [6.45, 7) is 6.20.